The molecule has 4 N–H and O–H groups in total. The molecule has 0 aromatic rings. The summed E-state index contributed by atoms with van der Waals surface area (Å²) in [7, 11) is 0. The molecule has 0 unspecified atom stereocenters. The molecule has 0 spiro atoms. The van der Waals surface area contributed by atoms with Gasteiger partial charge in [0.25, 0.3) is 12.5 Å². The van der Waals surface area contributed by atoms with Gasteiger partial charge in [0.1, 0.15) is 6.04 Å². The third-order valence-electron chi connectivity index (χ3n) is 1.78. The fourth-order valence-electron chi connectivity index (χ4n) is 0.967. The molecule has 8 nitrogen and oxygen atoms in total. The minimum absolute atomic E-state index is 0.391. The fraction of sp³-hybridized carbons (Fsp3) is 0.667. The maximum Gasteiger partial charge on any atom is 0.427 e. The summed E-state index contributed by atoms with van der Waals surface area (Å²) in [5, 5.41) is 16.4. The van der Waals surface area contributed by atoms with Crippen LogP contribution in [0.25, 0.3) is 0 Å². The minimum atomic E-state index is -1.68. The average molecular weight is 242 g/mol. The number of nitrogens with zero attached hydrogens (tertiary/aromatic N) is 2. The Kier molecular flexibility index (Phi) is 8.11. The lowest BCUT2D eigenvalue weighted by molar-refractivity contribution is -0.228. The van der Waals surface area contributed by atoms with Gasteiger partial charge in [0.15, 0.2) is 0 Å². The molecule has 0 aromatic carbocycles. The summed E-state index contributed by atoms with van der Waals surface area (Å²) in [6.45, 7) is -1.17. The SMILES string of the molecule is N#COC(OC#N)OC(=O)[C@@H](N)CCCCN. The maximum atomic E-state index is 11.3. The van der Waals surface area contributed by atoms with Gasteiger partial charge in [0, 0.05) is 0 Å². The van der Waals surface area contributed by atoms with Crippen molar-refractivity contribution in [1.29, 1.82) is 10.5 Å². The Balaban J connectivity index is 4.03. The van der Waals surface area contributed by atoms with Crippen LogP contribution in [0.3, 0.4) is 0 Å². The minimum Gasteiger partial charge on any atom is -0.388 e. The summed E-state index contributed by atoms with van der Waals surface area (Å²) in [4.78, 5) is 11.3. The zero-order valence-corrected chi connectivity index (χ0v) is 9.17. The summed E-state index contributed by atoms with van der Waals surface area (Å²) in [6.07, 6.45) is 4.29. The largest absolute Gasteiger partial charge is 0.427 e. The third-order valence-corrected chi connectivity index (χ3v) is 1.78. The second-order valence-electron chi connectivity index (χ2n) is 3.03. The number of unbranched alkanes of at least 4 members (excludes halogenated alkanes) is 1. The van der Waals surface area contributed by atoms with Crippen molar-refractivity contribution in [3.63, 3.8) is 0 Å². The monoisotopic (exact) mass is 242 g/mol. The molecule has 0 aliphatic rings. The Bertz CT molecular complexity index is 293. The van der Waals surface area contributed by atoms with Gasteiger partial charge in [0.2, 0.25) is 0 Å². The van der Waals surface area contributed by atoms with Crippen LogP contribution in [-0.4, -0.2) is 25.0 Å². The number of esters is 1. The van der Waals surface area contributed by atoms with Gasteiger partial charge in [-0.05, 0) is 19.4 Å². The number of carbonyl (C=O) groups is 1. The number of carbonyl (C=O) groups excluding carboxylic acids is 1. The van der Waals surface area contributed by atoms with Gasteiger partial charge in [0.05, 0.1) is 0 Å². The van der Waals surface area contributed by atoms with Gasteiger partial charge in [-0.1, -0.05) is 6.42 Å². The van der Waals surface area contributed by atoms with Crippen LogP contribution in [0.2, 0.25) is 0 Å². The maximum absolute atomic E-state index is 11.3. The zero-order valence-electron chi connectivity index (χ0n) is 9.17. The van der Waals surface area contributed by atoms with Crippen LogP contribution in [0, 0.1) is 23.0 Å². The average Bonchev–Trinajstić information content (AvgIpc) is 2.29. The first-order valence-electron chi connectivity index (χ1n) is 4.91. The lowest BCUT2D eigenvalue weighted by Crippen LogP contribution is -2.36. The van der Waals surface area contributed by atoms with Crippen molar-refractivity contribution in [3.8, 4) is 12.5 Å². The van der Waals surface area contributed by atoms with E-state index in [4.69, 9.17) is 22.0 Å². The fourth-order valence-corrected chi connectivity index (χ4v) is 0.967. The van der Waals surface area contributed by atoms with Crippen LogP contribution in [0.5, 0.6) is 0 Å². The van der Waals surface area contributed by atoms with E-state index in [-0.39, 0.29) is 0 Å². The molecule has 0 radical (unpaired) electrons. The van der Waals surface area contributed by atoms with E-state index in [0.29, 0.717) is 19.4 Å². The lowest BCUT2D eigenvalue weighted by Gasteiger charge is -2.14. The molecule has 0 heterocycles. The van der Waals surface area contributed by atoms with E-state index in [2.05, 4.69) is 14.2 Å². The molecule has 94 valence electrons. The van der Waals surface area contributed by atoms with E-state index in [1.165, 1.54) is 12.5 Å². The topological polar surface area (TPSA) is 144 Å². The Labute approximate surface area is 98.6 Å². The van der Waals surface area contributed by atoms with Crippen LogP contribution in [-0.2, 0) is 19.0 Å². The van der Waals surface area contributed by atoms with E-state index < -0.39 is 18.5 Å². The van der Waals surface area contributed by atoms with Crippen molar-refractivity contribution in [2.24, 2.45) is 11.5 Å². The van der Waals surface area contributed by atoms with Crippen LogP contribution in [0.4, 0.5) is 0 Å². The summed E-state index contributed by atoms with van der Waals surface area (Å²) < 4.78 is 12.9. The zero-order chi connectivity index (χ0) is 13.1. The number of nitriles is 2. The lowest BCUT2D eigenvalue weighted by atomic mass is 10.1. The highest BCUT2D eigenvalue weighted by Gasteiger charge is 2.22. The molecule has 0 aliphatic heterocycles. The quantitative estimate of drug-likeness (QED) is 0.245. The Hall–Kier alpha value is -2.03. The first-order valence-corrected chi connectivity index (χ1v) is 4.91. The van der Waals surface area contributed by atoms with Crippen LogP contribution < -0.4 is 11.5 Å². The van der Waals surface area contributed by atoms with Crippen molar-refractivity contribution in [3.05, 3.63) is 0 Å². The van der Waals surface area contributed by atoms with Crippen molar-refractivity contribution in [1.82, 2.24) is 0 Å². The molecular weight excluding hydrogens is 228 g/mol. The molecule has 0 bridgehead atoms. The van der Waals surface area contributed by atoms with Gasteiger partial charge in [-0.25, -0.2) is 0 Å². The number of hydrogen-bond acceptors (Lipinski definition) is 8. The van der Waals surface area contributed by atoms with Crippen LogP contribution in [0.1, 0.15) is 19.3 Å². The number of hydrogen-bond donors (Lipinski definition) is 2. The molecule has 0 saturated carbocycles. The number of ether oxygens (including phenoxy) is 3. The van der Waals surface area contributed by atoms with Gasteiger partial charge < -0.3 is 25.7 Å². The third kappa shape index (κ3) is 6.95. The highest BCUT2D eigenvalue weighted by atomic mass is 16.8. The highest BCUT2D eigenvalue weighted by Crippen LogP contribution is 2.03. The standard InChI is InChI=1S/C9H14N4O4/c10-4-2-1-3-7(13)8(14)17-9(15-5-11)16-6-12/h7,9H,1-4,10,13H2/t7-/m0/s1. The summed E-state index contributed by atoms with van der Waals surface area (Å²) >= 11 is 0. The predicted molar refractivity (Wildman–Crippen MR) is 54.2 cm³/mol. The summed E-state index contributed by atoms with van der Waals surface area (Å²) in [5.41, 5.74) is 10.8. The van der Waals surface area contributed by atoms with E-state index in [0.717, 1.165) is 6.42 Å². The molecule has 8 heteroatoms. The second kappa shape index (κ2) is 9.21. The molecule has 0 amide bonds. The first-order chi connectivity index (χ1) is 8.15. The molecule has 0 rings (SSSR count). The molecule has 1 atom stereocenters. The van der Waals surface area contributed by atoms with Gasteiger partial charge in [-0.2, -0.15) is 10.5 Å². The Morgan fingerprint density at radius 2 is 1.82 bits per heavy atom. The second-order valence-corrected chi connectivity index (χ2v) is 3.03. The molecule has 0 saturated heterocycles. The smallest absolute Gasteiger partial charge is 0.388 e. The summed E-state index contributed by atoms with van der Waals surface area (Å²) in [6, 6.07) is -0.867. The van der Waals surface area contributed by atoms with Crippen LogP contribution >= 0.6 is 0 Å². The van der Waals surface area contributed by atoms with E-state index in [9.17, 15) is 4.79 Å². The summed E-state index contributed by atoms with van der Waals surface area (Å²) in [5.74, 6) is -0.808. The van der Waals surface area contributed by atoms with Crippen molar-refractivity contribution in [2.45, 2.75) is 31.8 Å². The number of rotatable bonds is 8. The number of nitrogens with two attached hydrogens (primary N) is 2. The molecule has 17 heavy (non-hydrogen) atoms. The van der Waals surface area contributed by atoms with Crippen molar-refractivity contribution in [2.75, 3.05) is 6.54 Å². The first kappa shape index (κ1) is 15.0. The normalized spacial score (nSPS) is 11.1. The van der Waals surface area contributed by atoms with Crippen molar-refractivity contribution < 1.29 is 19.0 Å². The predicted octanol–water partition coefficient (Wildman–Crippen LogP) is -0.735. The van der Waals surface area contributed by atoms with Gasteiger partial charge in [-0.15, -0.1) is 0 Å². The Morgan fingerprint density at radius 1 is 1.24 bits per heavy atom. The highest BCUT2D eigenvalue weighted by molar-refractivity contribution is 5.75. The van der Waals surface area contributed by atoms with E-state index in [1.54, 1.807) is 0 Å². The van der Waals surface area contributed by atoms with Crippen molar-refractivity contribution >= 4 is 5.97 Å². The molecule has 0 aliphatic carbocycles. The van der Waals surface area contributed by atoms with Gasteiger partial charge >= 0.3 is 12.4 Å². The van der Waals surface area contributed by atoms with Gasteiger partial charge in [-0.3, -0.25) is 4.79 Å². The Morgan fingerprint density at radius 3 is 2.29 bits per heavy atom. The molecule has 0 aromatic heterocycles. The van der Waals surface area contributed by atoms with Crippen LogP contribution in [0.15, 0.2) is 0 Å². The van der Waals surface area contributed by atoms with E-state index >= 15 is 0 Å². The van der Waals surface area contributed by atoms with E-state index in [1.807, 2.05) is 0 Å². The molecule has 0 fully saturated rings. The molecular formula is C9H14N4O4.